The van der Waals surface area contributed by atoms with Crippen LogP contribution in [0.2, 0.25) is 5.02 Å². The number of furan rings is 1. The number of halogens is 1. The number of urea groups is 1. The zero-order chi connectivity index (χ0) is 17.6. The molecule has 134 valence electrons. The van der Waals surface area contributed by atoms with E-state index in [0.717, 1.165) is 42.4 Å². The number of amides is 2. The Hall–Kier alpha value is -2.14. The highest BCUT2D eigenvalue weighted by atomic mass is 35.5. The number of carbonyl (C=O) groups is 1. The number of benzene rings is 1. The van der Waals surface area contributed by atoms with Crippen LogP contribution < -0.4 is 10.2 Å². The number of hydrogen-bond acceptors (Lipinski definition) is 3. The van der Waals surface area contributed by atoms with Crippen LogP contribution in [0.25, 0.3) is 0 Å². The Kier molecular flexibility index (Phi) is 5.87. The second-order valence-corrected chi connectivity index (χ2v) is 6.80. The van der Waals surface area contributed by atoms with Crippen molar-refractivity contribution in [3.63, 3.8) is 0 Å². The van der Waals surface area contributed by atoms with Gasteiger partial charge in [-0.3, -0.25) is 0 Å². The van der Waals surface area contributed by atoms with E-state index in [0.29, 0.717) is 13.1 Å². The summed E-state index contributed by atoms with van der Waals surface area (Å²) in [5.74, 6) is 0.953. The van der Waals surface area contributed by atoms with Gasteiger partial charge >= 0.3 is 6.03 Å². The summed E-state index contributed by atoms with van der Waals surface area (Å²) < 4.78 is 5.33. The number of piperazine rings is 1. The quantitative estimate of drug-likeness (QED) is 0.881. The summed E-state index contributed by atoms with van der Waals surface area (Å²) >= 11 is 6.26. The fourth-order valence-corrected chi connectivity index (χ4v) is 3.30. The maximum Gasteiger partial charge on any atom is 0.317 e. The van der Waals surface area contributed by atoms with Gasteiger partial charge in [-0.1, -0.05) is 23.7 Å². The van der Waals surface area contributed by atoms with E-state index in [9.17, 15) is 4.79 Å². The molecule has 2 heterocycles. The van der Waals surface area contributed by atoms with Gasteiger partial charge in [-0.2, -0.15) is 0 Å². The molecule has 0 radical (unpaired) electrons. The van der Waals surface area contributed by atoms with Crippen LogP contribution in [0, 0.1) is 0 Å². The van der Waals surface area contributed by atoms with E-state index >= 15 is 0 Å². The van der Waals surface area contributed by atoms with Crippen molar-refractivity contribution in [3.05, 3.63) is 53.4 Å². The standard InChI is InChI=1S/C19H24ClN3O2/c1-15(8-9-16-5-4-14-25-16)21-19(24)23-12-10-22(11-13-23)18-7-3-2-6-17(18)20/h2-7,14-15H,8-13H2,1H3,(H,21,24). The number of hydrogen-bond donors (Lipinski definition) is 1. The summed E-state index contributed by atoms with van der Waals surface area (Å²) in [5, 5.41) is 3.84. The molecule has 2 amide bonds. The average molecular weight is 362 g/mol. The van der Waals surface area contributed by atoms with E-state index in [1.807, 2.05) is 48.2 Å². The maximum absolute atomic E-state index is 12.4. The van der Waals surface area contributed by atoms with E-state index in [1.54, 1.807) is 6.26 Å². The number of rotatable bonds is 5. The Morgan fingerprint density at radius 2 is 1.96 bits per heavy atom. The highest BCUT2D eigenvalue weighted by Crippen LogP contribution is 2.26. The van der Waals surface area contributed by atoms with Crippen molar-refractivity contribution in [1.82, 2.24) is 10.2 Å². The first kappa shape index (κ1) is 17.7. The molecule has 25 heavy (non-hydrogen) atoms. The van der Waals surface area contributed by atoms with Gasteiger partial charge in [0.25, 0.3) is 0 Å². The van der Waals surface area contributed by atoms with Gasteiger partial charge in [0.1, 0.15) is 5.76 Å². The molecular formula is C19H24ClN3O2. The van der Waals surface area contributed by atoms with Gasteiger partial charge in [0.05, 0.1) is 17.0 Å². The smallest absolute Gasteiger partial charge is 0.317 e. The van der Waals surface area contributed by atoms with Crippen LogP contribution in [0.1, 0.15) is 19.1 Å². The molecule has 1 N–H and O–H groups in total. The van der Waals surface area contributed by atoms with Crippen molar-refractivity contribution in [3.8, 4) is 0 Å². The lowest BCUT2D eigenvalue weighted by Gasteiger charge is -2.36. The first-order chi connectivity index (χ1) is 12.1. The fraction of sp³-hybridized carbons (Fsp3) is 0.421. The summed E-state index contributed by atoms with van der Waals surface area (Å²) in [6, 6.07) is 11.8. The Morgan fingerprint density at radius 1 is 1.20 bits per heavy atom. The first-order valence-electron chi connectivity index (χ1n) is 8.71. The lowest BCUT2D eigenvalue weighted by Crippen LogP contribution is -2.53. The van der Waals surface area contributed by atoms with Crippen LogP contribution in [0.15, 0.2) is 47.1 Å². The third-order valence-electron chi connectivity index (χ3n) is 4.53. The lowest BCUT2D eigenvalue weighted by atomic mass is 10.1. The molecule has 1 unspecified atom stereocenters. The summed E-state index contributed by atoms with van der Waals surface area (Å²) in [4.78, 5) is 16.5. The van der Waals surface area contributed by atoms with Crippen molar-refractivity contribution in [2.24, 2.45) is 0 Å². The van der Waals surface area contributed by atoms with Crippen LogP contribution in [0.3, 0.4) is 0 Å². The van der Waals surface area contributed by atoms with E-state index in [-0.39, 0.29) is 12.1 Å². The Bertz CT molecular complexity index is 682. The number of aryl methyl sites for hydroxylation is 1. The summed E-state index contributed by atoms with van der Waals surface area (Å²) in [7, 11) is 0. The Labute approximate surface area is 153 Å². The lowest BCUT2D eigenvalue weighted by molar-refractivity contribution is 0.190. The van der Waals surface area contributed by atoms with Gasteiger partial charge in [0, 0.05) is 38.6 Å². The minimum Gasteiger partial charge on any atom is -0.469 e. The summed E-state index contributed by atoms with van der Waals surface area (Å²) in [6.45, 7) is 5.00. The van der Waals surface area contributed by atoms with E-state index in [4.69, 9.17) is 16.0 Å². The highest BCUT2D eigenvalue weighted by Gasteiger charge is 2.23. The highest BCUT2D eigenvalue weighted by molar-refractivity contribution is 6.33. The predicted molar refractivity (Wildman–Crippen MR) is 100 cm³/mol. The van der Waals surface area contributed by atoms with Crippen molar-refractivity contribution in [2.75, 3.05) is 31.1 Å². The monoisotopic (exact) mass is 361 g/mol. The van der Waals surface area contributed by atoms with Crippen molar-refractivity contribution >= 4 is 23.3 Å². The van der Waals surface area contributed by atoms with E-state index in [1.165, 1.54) is 0 Å². The fourth-order valence-electron chi connectivity index (χ4n) is 3.05. The molecule has 2 aromatic rings. The van der Waals surface area contributed by atoms with Crippen LogP contribution >= 0.6 is 11.6 Å². The molecule has 1 saturated heterocycles. The molecule has 0 bridgehead atoms. The van der Waals surface area contributed by atoms with Crippen LogP contribution in [-0.4, -0.2) is 43.2 Å². The zero-order valence-electron chi connectivity index (χ0n) is 14.5. The molecule has 1 fully saturated rings. The van der Waals surface area contributed by atoms with Gasteiger partial charge < -0.3 is 19.5 Å². The Morgan fingerprint density at radius 3 is 2.64 bits per heavy atom. The molecule has 6 heteroatoms. The van der Waals surface area contributed by atoms with Gasteiger partial charge in [-0.15, -0.1) is 0 Å². The molecule has 1 atom stereocenters. The van der Waals surface area contributed by atoms with Crippen LogP contribution in [-0.2, 0) is 6.42 Å². The summed E-state index contributed by atoms with van der Waals surface area (Å²) in [5.41, 5.74) is 1.04. The second kappa shape index (κ2) is 8.30. The van der Waals surface area contributed by atoms with Gasteiger partial charge in [0.2, 0.25) is 0 Å². The van der Waals surface area contributed by atoms with E-state index in [2.05, 4.69) is 10.2 Å². The predicted octanol–water partition coefficient (Wildman–Crippen LogP) is 3.79. The number of para-hydroxylation sites is 1. The SMILES string of the molecule is CC(CCc1ccco1)NC(=O)N1CCN(c2ccccc2Cl)CC1. The molecule has 1 aliphatic heterocycles. The summed E-state index contributed by atoms with van der Waals surface area (Å²) in [6.07, 6.45) is 3.37. The van der Waals surface area contributed by atoms with Gasteiger partial charge in [-0.25, -0.2) is 4.79 Å². The van der Waals surface area contributed by atoms with Gasteiger partial charge in [-0.05, 0) is 37.6 Å². The molecular weight excluding hydrogens is 338 g/mol. The normalized spacial score (nSPS) is 15.9. The first-order valence-corrected chi connectivity index (χ1v) is 9.08. The van der Waals surface area contributed by atoms with Crippen molar-refractivity contribution < 1.29 is 9.21 Å². The minimum absolute atomic E-state index is 0.00533. The number of anilines is 1. The molecule has 1 aromatic carbocycles. The molecule has 1 aromatic heterocycles. The number of nitrogens with one attached hydrogen (secondary N) is 1. The second-order valence-electron chi connectivity index (χ2n) is 6.39. The Balaban J connectivity index is 1.44. The van der Waals surface area contributed by atoms with Crippen molar-refractivity contribution in [1.29, 1.82) is 0 Å². The van der Waals surface area contributed by atoms with Crippen molar-refractivity contribution in [2.45, 2.75) is 25.8 Å². The largest absolute Gasteiger partial charge is 0.469 e. The topological polar surface area (TPSA) is 48.7 Å². The average Bonchev–Trinajstić information content (AvgIpc) is 3.14. The van der Waals surface area contributed by atoms with Crippen LogP contribution in [0.4, 0.5) is 10.5 Å². The maximum atomic E-state index is 12.4. The molecule has 1 aliphatic rings. The third-order valence-corrected chi connectivity index (χ3v) is 4.85. The number of carbonyl (C=O) groups excluding carboxylic acids is 1. The molecule has 0 spiro atoms. The molecule has 0 aliphatic carbocycles. The minimum atomic E-state index is 0.00533. The molecule has 3 rings (SSSR count). The van der Waals surface area contributed by atoms with Gasteiger partial charge in [0.15, 0.2) is 0 Å². The third kappa shape index (κ3) is 4.69. The number of nitrogens with zero attached hydrogens (tertiary/aromatic N) is 2. The molecule has 5 nitrogen and oxygen atoms in total. The van der Waals surface area contributed by atoms with E-state index < -0.39 is 0 Å². The molecule has 0 saturated carbocycles. The zero-order valence-corrected chi connectivity index (χ0v) is 15.2. The van der Waals surface area contributed by atoms with Crippen LogP contribution in [0.5, 0.6) is 0 Å².